The van der Waals surface area contributed by atoms with E-state index in [-0.39, 0.29) is 0 Å². The third-order valence-corrected chi connectivity index (χ3v) is 3.55. The first kappa shape index (κ1) is 11.9. The standard InChI is InChI=1S/C18H17N/c1-14-6-5-13-19-18(14)17-11-9-16(10-12-17)15-7-3-2-4-8-15/h2-3,5-7,9-13H,4,8H2,1H3. The summed E-state index contributed by atoms with van der Waals surface area (Å²) in [7, 11) is 0. The summed E-state index contributed by atoms with van der Waals surface area (Å²) in [6.07, 6.45) is 10.7. The Kier molecular flexibility index (Phi) is 3.28. The Morgan fingerprint density at radius 1 is 1.00 bits per heavy atom. The molecule has 0 saturated carbocycles. The van der Waals surface area contributed by atoms with Gasteiger partial charge in [0.25, 0.3) is 0 Å². The van der Waals surface area contributed by atoms with Gasteiger partial charge in [0.05, 0.1) is 5.69 Å². The summed E-state index contributed by atoms with van der Waals surface area (Å²) in [6, 6.07) is 12.8. The average molecular weight is 247 g/mol. The second-order valence-electron chi connectivity index (χ2n) is 4.90. The zero-order valence-electron chi connectivity index (χ0n) is 11.1. The molecular formula is C18H17N. The number of pyridine rings is 1. The topological polar surface area (TPSA) is 12.9 Å². The summed E-state index contributed by atoms with van der Waals surface area (Å²) in [5.74, 6) is 0. The van der Waals surface area contributed by atoms with E-state index in [4.69, 9.17) is 0 Å². The van der Waals surface area contributed by atoms with Crippen LogP contribution in [0.1, 0.15) is 24.0 Å². The van der Waals surface area contributed by atoms with Crippen LogP contribution in [-0.2, 0) is 0 Å². The number of allylic oxidation sites excluding steroid dienone is 4. The van der Waals surface area contributed by atoms with Crippen molar-refractivity contribution in [2.45, 2.75) is 19.8 Å². The monoisotopic (exact) mass is 247 g/mol. The molecule has 0 unspecified atom stereocenters. The SMILES string of the molecule is Cc1cccnc1-c1ccc(C2=CC=CCC2)cc1. The molecule has 1 aromatic carbocycles. The zero-order chi connectivity index (χ0) is 13.1. The van der Waals surface area contributed by atoms with Crippen LogP contribution in [0.5, 0.6) is 0 Å². The maximum Gasteiger partial charge on any atom is 0.0731 e. The molecule has 19 heavy (non-hydrogen) atoms. The van der Waals surface area contributed by atoms with Crippen LogP contribution in [0.3, 0.4) is 0 Å². The fourth-order valence-electron chi connectivity index (χ4n) is 2.47. The van der Waals surface area contributed by atoms with Gasteiger partial charge in [-0.25, -0.2) is 0 Å². The summed E-state index contributed by atoms with van der Waals surface area (Å²) in [6.45, 7) is 2.10. The third kappa shape index (κ3) is 2.50. The lowest BCUT2D eigenvalue weighted by atomic mass is 9.96. The Morgan fingerprint density at radius 2 is 1.79 bits per heavy atom. The molecule has 1 aliphatic rings. The Balaban J connectivity index is 1.93. The van der Waals surface area contributed by atoms with Crippen molar-refractivity contribution in [1.82, 2.24) is 4.98 Å². The van der Waals surface area contributed by atoms with Crippen LogP contribution in [0.4, 0.5) is 0 Å². The van der Waals surface area contributed by atoms with Gasteiger partial charge in [-0.15, -0.1) is 0 Å². The molecule has 0 fully saturated rings. The number of aryl methyl sites for hydroxylation is 1. The molecule has 0 aliphatic heterocycles. The van der Waals surface area contributed by atoms with Crippen LogP contribution in [-0.4, -0.2) is 4.98 Å². The van der Waals surface area contributed by atoms with E-state index in [2.05, 4.69) is 60.5 Å². The Bertz CT molecular complexity index is 633. The van der Waals surface area contributed by atoms with E-state index < -0.39 is 0 Å². The smallest absolute Gasteiger partial charge is 0.0731 e. The van der Waals surface area contributed by atoms with Gasteiger partial charge < -0.3 is 0 Å². The van der Waals surface area contributed by atoms with Gasteiger partial charge in [0.1, 0.15) is 0 Å². The molecule has 0 N–H and O–H groups in total. The van der Waals surface area contributed by atoms with Crippen LogP contribution in [0.2, 0.25) is 0 Å². The maximum atomic E-state index is 4.46. The molecule has 0 radical (unpaired) electrons. The predicted octanol–water partition coefficient (Wildman–Crippen LogP) is 4.79. The molecule has 0 amide bonds. The van der Waals surface area contributed by atoms with Gasteiger partial charge in [0.2, 0.25) is 0 Å². The molecule has 0 bridgehead atoms. The highest BCUT2D eigenvalue weighted by Crippen LogP contribution is 2.26. The summed E-state index contributed by atoms with van der Waals surface area (Å²) in [5.41, 5.74) is 6.23. The van der Waals surface area contributed by atoms with Gasteiger partial charge in [0, 0.05) is 11.8 Å². The van der Waals surface area contributed by atoms with E-state index in [1.165, 1.54) is 22.3 Å². The summed E-state index contributed by atoms with van der Waals surface area (Å²) >= 11 is 0. The number of hydrogen-bond donors (Lipinski definition) is 0. The third-order valence-electron chi connectivity index (χ3n) is 3.55. The van der Waals surface area contributed by atoms with Crippen molar-refractivity contribution in [3.05, 3.63) is 72.0 Å². The Morgan fingerprint density at radius 3 is 2.47 bits per heavy atom. The summed E-state index contributed by atoms with van der Waals surface area (Å²) in [4.78, 5) is 4.46. The highest BCUT2D eigenvalue weighted by Gasteiger charge is 2.05. The van der Waals surface area contributed by atoms with Gasteiger partial charge in [-0.3, -0.25) is 4.98 Å². The maximum absolute atomic E-state index is 4.46. The fourth-order valence-corrected chi connectivity index (χ4v) is 2.47. The van der Waals surface area contributed by atoms with E-state index in [1.807, 2.05) is 12.3 Å². The first-order valence-corrected chi connectivity index (χ1v) is 6.73. The quantitative estimate of drug-likeness (QED) is 0.743. The highest BCUT2D eigenvalue weighted by atomic mass is 14.7. The first-order valence-electron chi connectivity index (χ1n) is 6.73. The van der Waals surface area contributed by atoms with Crippen molar-refractivity contribution in [2.75, 3.05) is 0 Å². The molecule has 0 atom stereocenters. The first-order chi connectivity index (χ1) is 9.34. The van der Waals surface area contributed by atoms with Gasteiger partial charge in [-0.1, -0.05) is 48.6 Å². The van der Waals surface area contributed by atoms with Crippen LogP contribution >= 0.6 is 0 Å². The van der Waals surface area contributed by atoms with Crippen LogP contribution in [0.25, 0.3) is 16.8 Å². The summed E-state index contributed by atoms with van der Waals surface area (Å²) in [5, 5.41) is 0. The van der Waals surface area contributed by atoms with Crippen LogP contribution in [0, 0.1) is 6.92 Å². The van der Waals surface area contributed by atoms with Crippen LogP contribution in [0.15, 0.2) is 60.8 Å². The Hall–Kier alpha value is -2.15. The molecule has 0 spiro atoms. The number of benzene rings is 1. The normalized spacial score (nSPS) is 14.3. The minimum absolute atomic E-state index is 1.08. The lowest BCUT2D eigenvalue weighted by Crippen LogP contribution is -1.90. The molecule has 1 aromatic heterocycles. The Labute approximate surface area is 114 Å². The van der Waals surface area contributed by atoms with Crippen molar-refractivity contribution in [2.24, 2.45) is 0 Å². The predicted molar refractivity (Wildman–Crippen MR) is 80.8 cm³/mol. The van der Waals surface area contributed by atoms with E-state index >= 15 is 0 Å². The molecule has 1 heterocycles. The van der Waals surface area contributed by atoms with Crippen molar-refractivity contribution in [3.63, 3.8) is 0 Å². The molecule has 0 saturated heterocycles. The lowest BCUT2D eigenvalue weighted by molar-refractivity contribution is 1.05. The fraction of sp³-hybridized carbons (Fsp3) is 0.167. The van der Waals surface area contributed by atoms with Gasteiger partial charge in [-0.05, 0) is 42.5 Å². The average Bonchev–Trinajstić information content (AvgIpc) is 2.49. The van der Waals surface area contributed by atoms with Crippen molar-refractivity contribution in [3.8, 4) is 11.3 Å². The van der Waals surface area contributed by atoms with E-state index in [9.17, 15) is 0 Å². The zero-order valence-corrected chi connectivity index (χ0v) is 11.1. The molecule has 2 aromatic rings. The molecule has 1 nitrogen and oxygen atoms in total. The second-order valence-corrected chi connectivity index (χ2v) is 4.90. The van der Waals surface area contributed by atoms with E-state index in [0.29, 0.717) is 0 Å². The number of nitrogens with zero attached hydrogens (tertiary/aromatic N) is 1. The molecule has 3 rings (SSSR count). The molecule has 94 valence electrons. The van der Waals surface area contributed by atoms with Crippen LogP contribution < -0.4 is 0 Å². The molecule has 1 heteroatoms. The minimum Gasteiger partial charge on any atom is -0.256 e. The van der Waals surface area contributed by atoms with Gasteiger partial charge >= 0.3 is 0 Å². The van der Waals surface area contributed by atoms with Crippen molar-refractivity contribution >= 4 is 5.57 Å². The van der Waals surface area contributed by atoms with E-state index in [1.54, 1.807) is 0 Å². The molecular weight excluding hydrogens is 230 g/mol. The number of rotatable bonds is 2. The summed E-state index contributed by atoms with van der Waals surface area (Å²) < 4.78 is 0. The molecule has 1 aliphatic carbocycles. The van der Waals surface area contributed by atoms with Gasteiger partial charge in [-0.2, -0.15) is 0 Å². The number of hydrogen-bond acceptors (Lipinski definition) is 1. The van der Waals surface area contributed by atoms with Gasteiger partial charge in [0.15, 0.2) is 0 Å². The largest absolute Gasteiger partial charge is 0.256 e. The minimum atomic E-state index is 1.08. The van der Waals surface area contributed by atoms with Crippen molar-refractivity contribution in [1.29, 1.82) is 0 Å². The highest BCUT2D eigenvalue weighted by molar-refractivity contribution is 5.71. The van der Waals surface area contributed by atoms with E-state index in [0.717, 1.165) is 18.5 Å². The lowest BCUT2D eigenvalue weighted by Gasteiger charge is -2.10. The number of aromatic nitrogens is 1. The van der Waals surface area contributed by atoms with Crippen molar-refractivity contribution < 1.29 is 0 Å². The second kappa shape index (κ2) is 5.23.